The zero-order valence-electron chi connectivity index (χ0n) is 22.4. The highest BCUT2D eigenvalue weighted by molar-refractivity contribution is 5.89. The summed E-state index contributed by atoms with van der Waals surface area (Å²) in [5.74, 6) is 0.263. The fourth-order valence-corrected chi connectivity index (χ4v) is 3.92. The summed E-state index contributed by atoms with van der Waals surface area (Å²) in [4.78, 5) is 32.1. The number of tetrazole rings is 1. The van der Waals surface area contributed by atoms with E-state index in [-0.39, 0.29) is 30.7 Å². The topological polar surface area (TPSA) is 109 Å². The Balaban J connectivity index is 1.94. The molecule has 0 saturated heterocycles. The van der Waals surface area contributed by atoms with Gasteiger partial charge in [-0.25, -0.2) is 4.39 Å². The second-order valence-corrected chi connectivity index (χ2v) is 9.86. The first-order valence-electron chi connectivity index (χ1n) is 12.4. The largest absolute Gasteiger partial charge is 0.458 e. The van der Waals surface area contributed by atoms with Crippen molar-refractivity contribution in [1.29, 1.82) is 0 Å². The number of carbonyl (C=O) groups is 2. The van der Waals surface area contributed by atoms with Crippen LogP contribution in [0.3, 0.4) is 0 Å². The van der Waals surface area contributed by atoms with E-state index < -0.39 is 17.4 Å². The van der Waals surface area contributed by atoms with Crippen LogP contribution in [0, 0.1) is 12.7 Å². The number of likely N-dealkylation sites (N-methyl/N-ethyl adjacent to an activating group) is 1. The van der Waals surface area contributed by atoms with Crippen LogP contribution in [-0.2, 0) is 16.1 Å². The second kappa shape index (κ2) is 12.1. The number of hydrogen-bond donors (Lipinski definition) is 1. The molecule has 200 valence electrons. The molecule has 1 atom stereocenters. The molecule has 10 nitrogen and oxygen atoms in total. The molecular formula is C26H36FN7O3. The number of aryl methyl sites for hydroxylation is 1. The van der Waals surface area contributed by atoms with Gasteiger partial charge < -0.3 is 19.5 Å². The van der Waals surface area contributed by atoms with Crippen molar-refractivity contribution in [3.8, 4) is 11.6 Å². The molecule has 0 aliphatic carbocycles. The van der Waals surface area contributed by atoms with Crippen LogP contribution in [0.5, 0.6) is 0 Å². The van der Waals surface area contributed by atoms with Gasteiger partial charge in [0.15, 0.2) is 5.76 Å². The molecule has 2 amide bonds. The highest BCUT2D eigenvalue weighted by Crippen LogP contribution is 2.24. The van der Waals surface area contributed by atoms with Crippen LogP contribution in [-0.4, -0.2) is 73.5 Å². The van der Waals surface area contributed by atoms with E-state index >= 15 is 0 Å². The molecule has 37 heavy (non-hydrogen) atoms. The maximum atomic E-state index is 13.7. The summed E-state index contributed by atoms with van der Waals surface area (Å²) in [7, 11) is 0. The van der Waals surface area contributed by atoms with Crippen molar-refractivity contribution in [1.82, 2.24) is 35.3 Å². The van der Waals surface area contributed by atoms with Gasteiger partial charge in [-0.05, 0) is 75.8 Å². The second-order valence-electron chi connectivity index (χ2n) is 9.86. The van der Waals surface area contributed by atoms with Crippen molar-refractivity contribution in [2.24, 2.45) is 0 Å². The molecule has 0 bridgehead atoms. The van der Waals surface area contributed by atoms with Gasteiger partial charge in [0.05, 0.1) is 0 Å². The Labute approximate surface area is 216 Å². The molecule has 0 aliphatic heterocycles. The maximum Gasteiger partial charge on any atom is 0.247 e. The highest BCUT2D eigenvalue weighted by atomic mass is 19.1. The summed E-state index contributed by atoms with van der Waals surface area (Å²) in [6.07, 6.45) is 0. The van der Waals surface area contributed by atoms with Gasteiger partial charge in [-0.3, -0.25) is 9.59 Å². The summed E-state index contributed by atoms with van der Waals surface area (Å²) < 4.78 is 19.3. The lowest BCUT2D eigenvalue weighted by Gasteiger charge is -2.35. The van der Waals surface area contributed by atoms with E-state index in [1.807, 2.05) is 41.5 Å². The van der Waals surface area contributed by atoms with Crippen LogP contribution in [0.2, 0.25) is 0 Å². The maximum absolute atomic E-state index is 13.7. The summed E-state index contributed by atoms with van der Waals surface area (Å²) in [6.45, 7) is 13.7. The van der Waals surface area contributed by atoms with Crippen LogP contribution in [0.4, 0.5) is 4.39 Å². The molecule has 11 heteroatoms. The average molecular weight is 514 g/mol. The van der Waals surface area contributed by atoms with E-state index in [1.165, 1.54) is 34.0 Å². The molecule has 0 fully saturated rings. The van der Waals surface area contributed by atoms with Crippen LogP contribution < -0.4 is 5.32 Å². The zero-order chi connectivity index (χ0) is 27.2. The standard InChI is InChI=1S/C26H36FN7O3/c1-7-32(8-2)15-16-33(22(35)17-34-30-24(29-31-34)21-14-9-18(3)37-21)23(25(36)28-26(4,5)6)19-10-12-20(27)13-11-19/h9-14,23H,7-8,15-17H2,1-6H3,(H,28,36)/t23-/m1/s1. The minimum atomic E-state index is -0.974. The third-order valence-electron chi connectivity index (χ3n) is 5.81. The van der Waals surface area contributed by atoms with Gasteiger partial charge in [0.1, 0.15) is 24.2 Å². The van der Waals surface area contributed by atoms with Crippen molar-refractivity contribution >= 4 is 11.8 Å². The number of furan rings is 1. The Morgan fingerprint density at radius 3 is 2.32 bits per heavy atom. The van der Waals surface area contributed by atoms with Crippen LogP contribution in [0.15, 0.2) is 40.8 Å². The number of nitrogens with zero attached hydrogens (tertiary/aromatic N) is 6. The highest BCUT2D eigenvalue weighted by Gasteiger charge is 2.33. The molecule has 3 rings (SSSR count). The molecule has 1 N–H and O–H groups in total. The third kappa shape index (κ3) is 7.69. The first kappa shape index (κ1) is 28.0. The van der Waals surface area contributed by atoms with Gasteiger partial charge in [0.2, 0.25) is 17.6 Å². The van der Waals surface area contributed by atoms with Gasteiger partial charge in [0.25, 0.3) is 0 Å². The third-order valence-corrected chi connectivity index (χ3v) is 5.81. The van der Waals surface area contributed by atoms with E-state index in [0.29, 0.717) is 23.6 Å². The van der Waals surface area contributed by atoms with E-state index in [2.05, 4.69) is 25.6 Å². The summed E-state index contributed by atoms with van der Waals surface area (Å²) in [6, 6.07) is 8.19. The Bertz CT molecular complexity index is 1180. The Kier molecular flexibility index (Phi) is 9.14. The molecule has 0 unspecified atom stereocenters. The van der Waals surface area contributed by atoms with Crippen molar-refractivity contribution in [3.05, 3.63) is 53.5 Å². The van der Waals surface area contributed by atoms with Crippen LogP contribution in [0.25, 0.3) is 11.6 Å². The minimum absolute atomic E-state index is 0.231. The van der Waals surface area contributed by atoms with Crippen LogP contribution in [0.1, 0.15) is 52.0 Å². The molecule has 0 radical (unpaired) electrons. The lowest BCUT2D eigenvalue weighted by molar-refractivity contribution is -0.142. The molecule has 2 heterocycles. The number of rotatable bonds is 11. The monoisotopic (exact) mass is 513 g/mol. The molecule has 2 aromatic heterocycles. The summed E-state index contributed by atoms with van der Waals surface area (Å²) in [5, 5.41) is 15.3. The lowest BCUT2D eigenvalue weighted by Crippen LogP contribution is -2.51. The van der Waals surface area contributed by atoms with Crippen LogP contribution >= 0.6 is 0 Å². The van der Waals surface area contributed by atoms with Crippen molar-refractivity contribution in [2.75, 3.05) is 26.2 Å². The number of benzene rings is 1. The number of nitrogens with one attached hydrogen (secondary N) is 1. The fraction of sp³-hybridized carbons (Fsp3) is 0.500. The first-order valence-corrected chi connectivity index (χ1v) is 12.4. The SMILES string of the molecule is CCN(CC)CCN(C(=O)Cn1nnc(-c2ccc(C)o2)n1)[C@@H](C(=O)NC(C)(C)C)c1ccc(F)cc1. The first-order chi connectivity index (χ1) is 17.5. The number of halogens is 1. The Morgan fingerprint density at radius 2 is 1.76 bits per heavy atom. The Hall–Kier alpha value is -3.60. The molecule has 0 spiro atoms. The Morgan fingerprint density at radius 1 is 1.08 bits per heavy atom. The van der Waals surface area contributed by atoms with E-state index in [4.69, 9.17) is 4.42 Å². The normalized spacial score (nSPS) is 12.5. The number of aromatic nitrogens is 4. The quantitative estimate of drug-likeness (QED) is 0.419. The molecule has 0 saturated carbocycles. The number of hydrogen-bond acceptors (Lipinski definition) is 7. The van der Waals surface area contributed by atoms with Crippen molar-refractivity contribution < 1.29 is 18.4 Å². The van der Waals surface area contributed by atoms with Crippen molar-refractivity contribution in [3.63, 3.8) is 0 Å². The number of carbonyl (C=O) groups excluding carboxylic acids is 2. The van der Waals surface area contributed by atoms with Crippen molar-refractivity contribution in [2.45, 2.75) is 59.7 Å². The fourth-order valence-electron chi connectivity index (χ4n) is 3.92. The van der Waals surface area contributed by atoms with Gasteiger partial charge in [-0.2, -0.15) is 4.80 Å². The van der Waals surface area contributed by atoms with Gasteiger partial charge in [0, 0.05) is 18.6 Å². The van der Waals surface area contributed by atoms with Gasteiger partial charge in [-0.1, -0.05) is 26.0 Å². The van der Waals surface area contributed by atoms with Gasteiger partial charge >= 0.3 is 0 Å². The molecule has 3 aromatic rings. The smallest absolute Gasteiger partial charge is 0.247 e. The summed E-state index contributed by atoms with van der Waals surface area (Å²) in [5.41, 5.74) is -0.0266. The zero-order valence-corrected chi connectivity index (χ0v) is 22.4. The number of amides is 2. The van der Waals surface area contributed by atoms with E-state index in [1.54, 1.807) is 12.1 Å². The molecular weight excluding hydrogens is 477 g/mol. The van der Waals surface area contributed by atoms with Gasteiger partial charge in [-0.15, -0.1) is 10.2 Å². The van der Waals surface area contributed by atoms with E-state index in [0.717, 1.165) is 13.1 Å². The predicted molar refractivity (Wildman–Crippen MR) is 137 cm³/mol. The lowest BCUT2D eigenvalue weighted by atomic mass is 10.0. The average Bonchev–Trinajstić information content (AvgIpc) is 3.47. The molecule has 1 aromatic carbocycles. The molecule has 0 aliphatic rings. The predicted octanol–water partition coefficient (Wildman–Crippen LogP) is 3.21. The minimum Gasteiger partial charge on any atom is -0.458 e. The summed E-state index contributed by atoms with van der Waals surface area (Å²) >= 11 is 0. The van der Waals surface area contributed by atoms with E-state index in [9.17, 15) is 14.0 Å².